The Morgan fingerprint density at radius 2 is 1.88 bits per heavy atom. The van der Waals surface area contributed by atoms with E-state index in [-0.39, 0.29) is 5.56 Å². The molecule has 5 nitrogen and oxygen atoms in total. The van der Waals surface area contributed by atoms with Gasteiger partial charge in [0.05, 0.1) is 23.9 Å². The fourth-order valence-corrected chi connectivity index (χ4v) is 4.95. The van der Waals surface area contributed by atoms with Crippen LogP contribution in [-0.2, 0) is 22.3 Å². The van der Waals surface area contributed by atoms with Gasteiger partial charge in [0.1, 0.15) is 5.60 Å². The molecular formula is C24H24BrF3N2O3. The summed E-state index contributed by atoms with van der Waals surface area (Å²) in [5.74, 6) is -0.391. The highest BCUT2D eigenvalue weighted by Gasteiger charge is 2.42. The predicted octanol–water partition coefficient (Wildman–Crippen LogP) is 5.72. The van der Waals surface area contributed by atoms with E-state index in [1.165, 1.54) is 26.2 Å². The van der Waals surface area contributed by atoms with Crippen molar-refractivity contribution >= 4 is 27.6 Å². The SMILES string of the molecule is COC(=O)c1ccc(C2=NOC3(CCN(Cc4cc(C(F)(F)F)c(C)cc4Br)CC3)C2)cc1. The van der Waals surface area contributed by atoms with Gasteiger partial charge >= 0.3 is 12.1 Å². The third-order valence-corrected chi connectivity index (χ3v) is 7.08. The molecular weight excluding hydrogens is 501 g/mol. The summed E-state index contributed by atoms with van der Waals surface area (Å²) in [6.45, 7) is 3.31. The summed E-state index contributed by atoms with van der Waals surface area (Å²) >= 11 is 3.42. The van der Waals surface area contributed by atoms with Crippen LogP contribution in [0.3, 0.4) is 0 Å². The quantitative estimate of drug-likeness (QED) is 0.480. The van der Waals surface area contributed by atoms with Gasteiger partial charge in [-0.05, 0) is 47.9 Å². The molecule has 1 saturated heterocycles. The lowest BCUT2D eigenvalue weighted by Gasteiger charge is -2.37. The zero-order chi connectivity index (χ0) is 23.8. The molecule has 2 aromatic rings. The average molecular weight is 525 g/mol. The first-order valence-corrected chi connectivity index (χ1v) is 11.4. The number of esters is 1. The van der Waals surface area contributed by atoms with E-state index in [0.29, 0.717) is 41.7 Å². The van der Waals surface area contributed by atoms with Crippen LogP contribution in [0.15, 0.2) is 46.0 Å². The Hall–Kier alpha value is -2.39. The number of rotatable bonds is 4. The highest BCUT2D eigenvalue weighted by molar-refractivity contribution is 9.10. The molecule has 0 aromatic heterocycles. The lowest BCUT2D eigenvalue weighted by molar-refractivity contribution is -0.138. The minimum absolute atomic E-state index is 0.208. The number of nitrogens with zero attached hydrogens (tertiary/aromatic N) is 2. The van der Waals surface area contributed by atoms with Crippen molar-refractivity contribution in [1.29, 1.82) is 0 Å². The molecule has 9 heteroatoms. The second-order valence-electron chi connectivity index (χ2n) is 8.59. The van der Waals surface area contributed by atoms with Crippen molar-refractivity contribution in [2.75, 3.05) is 20.2 Å². The number of hydrogen-bond donors (Lipinski definition) is 0. The number of hydrogen-bond acceptors (Lipinski definition) is 5. The number of ether oxygens (including phenoxy) is 1. The highest BCUT2D eigenvalue weighted by Crippen LogP contribution is 2.38. The summed E-state index contributed by atoms with van der Waals surface area (Å²) < 4.78 is 45.4. The molecule has 2 aliphatic heterocycles. The monoisotopic (exact) mass is 524 g/mol. The van der Waals surface area contributed by atoms with E-state index in [1.54, 1.807) is 12.1 Å². The Labute approximate surface area is 198 Å². The molecule has 1 spiro atoms. The smallest absolute Gasteiger partial charge is 0.416 e. The Bertz CT molecular complexity index is 1080. The molecule has 0 bridgehead atoms. The number of methoxy groups -OCH3 is 1. The summed E-state index contributed by atoms with van der Waals surface area (Å²) in [5, 5.41) is 4.30. The zero-order valence-electron chi connectivity index (χ0n) is 18.3. The first-order chi connectivity index (χ1) is 15.6. The Kier molecular flexibility index (Phi) is 6.55. The maximum atomic E-state index is 13.3. The molecule has 2 heterocycles. The third kappa shape index (κ3) is 5.09. The molecule has 33 heavy (non-hydrogen) atoms. The number of oxime groups is 1. The normalized spacial score (nSPS) is 18.2. The standard InChI is InChI=1S/C24H24BrF3N2O3/c1-15-11-20(25)18(12-19(15)24(26,27)28)14-30-9-7-23(8-10-30)13-21(29-33-23)16-3-5-17(6-4-16)22(31)32-2/h3-6,11-12H,7-10,13-14H2,1-2H3. The zero-order valence-corrected chi connectivity index (χ0v) is 19.9. The Morgan fingerprint density at radius 3 is 2.48 bits per heavy atom. The predicted molar refractivity (Wildman–Crippen MR) is 121 cm³/mol. The van der Waals surface area contributed by atoms with Gasteiger partial charge in [0.25, 0.3) is 0 Å². The molecule has 0 atom stereocenters. The maximum absolute atomic E-state index is 13.3. The average Bonchev–Trinajstić information content (AvgIpc) is 3.19. The van der Waals surface area contributed by atoms with Crippen molar-refractivity contribution in [3.8, 4) is 0 Å². The van der Waals surface area contributed by atoms with Crippen LogP contribution >= 0.6 is 15.9 Å². The van der Waals surface area contributed by atoms with Crippen LogP contribution in [-0.4, -0.2) is 42.4 Å². The lowest BCUT2D eigenvalue weighted by Crippen LogP contribution is -2.44. The molecule has 2 aliphatic rings. The van der Waals surface area contributed by atoms with Crippen molar-refractivity contribution < 1.29 is 27.5 Å². The summed E-state index contributed by atoms with van der Waals surface area (Å²) in [6, 6.07) is 9.84. The van der Waals surface area contributed by atoms with Crippen molar-refractivity contribution in [3.63, 3.8) is 0 Å². The second-order valence-corrected chi connectivity index (χ2v) is 9.44. The minimum atomic E-state index is -4.37. The van der Waals surface area contributed by atoms with Crippen LogP contribution in [0.4, 0.5) is 13.2 Å². The van der Waals surface area contributed by atoms with E-state index < -0.39 is 23.3 Å². The molecule has 0 radical (unpaired) electrons. The highest BCUT2D eigenvalue weighted by atomic mass is 79.9. The van der Waals surface area contributed by atoms with Gasteiger partial charge in [-0.15, -0.1) is 0 Å². The summed E-state index contributed by atoms with van der Waals surface area (Å²) in [5.41, 5.74) is 2.04. The minimum Gasteiger partial charge on any atom is -0.465 e. The van der Waals surface area contributed by atoms with Crippen molar-refractivity contribution in [2.24, 2.45) is 5.16 Å². The van der Waals surface area contributed by atoms with Crippen molar-refractivity contribution in [2.45, 2.75) is 44.5 Å². The molecule has 2 aromatic carbocycles. The van der Waals surface area contributed by atoms with E-state index in [0.717, 1.165) is 24.1 Å². The van der Waals surface area contributed by atoms with Gasteiger partial charge < -0.3 is 9.57 Å². The van der Waals surface area contributed by atoms with Gasteiger partial charge in [0, 0.05) is 43.4 Å². The number of benzene rings is 2. The number of carbonyl (C=O) groups is 1. The van der Waals surface area contributed by atoms with Crippen LogP contribution in [0.1, 0.15) is 51.9 Å². The van der Waals surface area contributed by atoms with Gasteiger partial charge in [0.15, 0.2) is 0 Å². The molecule has 0 unspecified atom stereocenters. The first kappa shape index (κ1) is 23.8. The molecule has 0 saturated carbocycles. The maximum Gasteiger partial charge on any atom is 0.416 e. The number of aryl methyl sites for hydroxylation is 1. The summed E-state index contributed by atoms with van der Waals surface area (Å²) in [7, 11) is 1.34. The van der Waals surface area contributed by atoms with Gasteiger partial charge in [-0.25, -0.2) is 4.79 Å². The number of piperidine rings is 1. The molecule has 4 rings (SSSR count). The van der Waals surface area contributed by atoms with E-state index in [9.17, 15) is 18.0 Å². The van der Waals surface area contributed by atoms with Gasteiger partial charge in [0.2, 0.25) is 0 Å². The molecule has 0 amide bonds. The van der Waals surface area contributed by atoms with Crippen LogP contribution < -0.4 is 0 Å². The third-order valence-electron chi connectivity index (χ3n) is 6.34. The van der Waals surface area contributed by atoms with E-state index >= 15 is 0 Å². The number of carbonyl (C=O) groups excluding carboxylic acids is 1. The molecule has 176 valence electrons. The second kappa shape index (κ2) is 9.10. The van der Waals surface area contributed by atoms with Gasteiger partial charge in [-0.1, -0.05) is 33.2 Å². The Morgan fingerprint density at radius 1 is 1.21 bits per heavy atom. The van der Waals surface area contributed by atoms with Crippen LogP contribution in [0, 0.1) is 6.92 Å². The van der Waals surface area contributed by atoms with Crippen molar-refractivity contribution in [1.82, 2.24) is 4.90 Å². The van der Waals surface area contributed by atoms with Gasteiger partial charge in [-0.3, -0.25) is 4.90 Å². The summed E-state index contributed by atoms with van der Waals surface area (Å²) in [4.78, 5) is 19.6. The number of likely N-dealkylation sites (tertiary alicyclic amines) is 1. The fraction of sp³-hybridized carbons (Fsp3) is 0.417. The van der Waals surface area contributed by atoms with Crippen LogP contribution in [0.2, 0.25) is 0 Å². The largest absolute Gasteiger partial charge is 0.465 e. The first-order valence-electron chi connectivity index (χ1n) is 10.6. The van der Waals surface area contributed by atoms with E-state index in [4.69, 9.17) is 9.57 Å². The van der Waals surface area contributed by atoms with Crippen LogP contribution in [0.25, 0.3) is 0 Å². The van der Waals surface area contributed by atoms with Gasteiger partial charge in [-0.2, -0.15) is 13.2 Å². The topological polar surface area (TPSA) is 51.1 Å². The fourth-order valence-electron chi connectivity index (χ4n) is 4.36. The van der Waals surface area contributed by atoms with Crippen LogP contribution in [0.5, 0.6) is 0 Å². The van der Waals surface area contributed by atoms with E-state index in [1.807, 2.05) is 12.1 Å². The summed E-state index contributed by atoms with van der Waals surface area (Å²) in [6.07, 6.45) is -2.25. The lowest BCUT2D eigenvalue weighted by atomic mass is 9.85. The number of halogens is 4. The molecule has 1 fully saturated rings. The Balaban J connectivity index is 1.38. The van der Waals surface area contributed by atoms with E-state index in [2.05, 4.69) is 26.0 Å². The number of alkyl halides is 3. The molecule has 0 aliphatic carbocycles. The van der Waals surface area contributed by atoms with Crippen molar-refractivity contribution in [3.05, 3.63) is 68.7 Å². The molecule has 0 N–H and O–H groups in total.